The van der Waals surface area contributed by atoms with Gasteiger partial charge < -0.3 is 19.6 Å². The molecule has 3 aromatic rings. The number of carboxylic acid groups (broad SMARTS) is 1. The van der Waals surface area contributed by atoms with Gasteiger partial charge in [0.25, 0.3) is 0 Å². The first-order valence-corrected chi connectivity index (χ1v) is 8.55. The van der Waals surface area contributed by atoms with Crippen molar-refractivity contribution in [2.24, 2.45) is 0 Å². The van der Waals surface area contributed by atoms with E-state index in [9.17, 15) is 14.7 Å². The van der Waals surface area contributed by atoms with Crippen molar-refractivity contribution in [3.8, 4) is 11.3 Å². The molecule has 0 aliphatic heterocycles. The number of ether oxygens (including phenoxy) is 1. The summed E-state index contributed by atoms with van der Waals surface area (Å²) >= 11 is 0. The van der Waals surface area contributed by atoms with Crippen LogP contribution in [-0.4, -0.2) is 22.8 Å². The highest BCUT2D eigenvalue weighted by Crippen LogP contribution is 2.30. The minimum absolute atomic E-state index is 0.199. The molecule has 0 saturated carbocycles. The van der Waals surface area contributed by atoms with Gasteiger partial charge in [-0.2, -0.15) is 0 Å². The second kappa shape index (κ2) is 7.15. The number of benzene rings is 2. The molecule has 6 heteroatoms. The van der Waals surface area contributed by atoms with E-state index in [1.807, 2.05) is 24.3 Å². The van der Waals surface area contributed by atoms with E-state index in [1.165, 1.54) is 0 Å². The van der Waals surface area contributed by atoms with Crippen molar-refractivity contribution in [3.05, 3.63) is 59.7 Å². The van der Waals surface area contributed by atoms with Gasteiger partial charge >= 0.3 is 12.1 Å². The number of carboxylic acids is 1. The number of aromatic carboxylic acids is 1. The first-order valence-electron chi connectivity index (χ1n) is 8.55. The minimum atomic E-state index is -0.997. The maximum atomic E-state index is 11.8. The Kier molecular flexibility index (Phi) is 4.90. The molecular formula is C21H21NO5. The van der Waals surface area contributed by atoms with Crippen LogP contribution in [0.3, 0.4) is 0 Å². The third-order valence-electron chi connectivity index (χ3n) is 3.84. The number of nitrogens with one attached hydrogen (secondary N) is 1. The van der Waals surface area contributed by atoms with Crippen molar-refractivity contribution in [2.75, 3.05) is 0 Å². The lowest BCUT2D eigenvalue weighted by molar-refractivity contribution is 0.0523. The number of alkyl carbamates (subject to hydrolysis) is 1. The summed E-state index contributed by atoms with van der Waals surface area (Å²) in [5, 5.41) is 12.6. The lowest BCUT2D eigenvalue weighted by atomic mass is 10.1. The van der Waals surface area contributed by atoms with E-state index in [1.54, 1.807) is 45.0 Å². The fraction of sp³-hybridized carbons (Fsp3) is 0.238. The zero-order chi connectivity index (χ0) is 19.6. The summed E-state index contributed by atoms with van der Waals surface area (Å²) in [4.78, 5) is 23.2. The van der Waals surface area contributed by atoms with Crippen LogP contribution in [0.25, 0.3) is 22.3 Å². The largest absolute Gasteiger partial charge is 0.478 e. The Labute approximate surface area is 156 Å². The molecule has 0 atom stereocenters. The lowest BCUT2D eigenvalue weighted by Gasteiger charge is -2.19. The lowest BCUT2D eigenvalue weighted by Crippen LogP contribution is -2.32. The average molecular weight is 367 g/mol. The van der Waals surface area contributed by atoms with Gasteiger partial charge in [-0.3, -0.25) is 0 Å². The second-order valence-corrected chi connectivity index (χ2v) is 7.19. The second-order valence-electron chi connectivity index (χ2n) is 7.19. The standard InChI is InChI=1S/C21H21NO5/c1-21(2,3)27-20(25)22-12-13-6-4-7-14(10-13)18-11-16-15(19(23)24)8-5-9-17(16)26-18/h4-11H,12H2,1-3H3,(H,22,25)(H,23,24). The Hall–Kier alpha value is -3.28. The van der Waals surface area contributed by atoms with Crippen molar-refractivity contribution in [2.45, 2.75) is 32.9 Å². The van der Waals surface area contributed by atoms with Gasteiger partial charge in [0.1, 0.15) is 16.9 Å². The highest BCUT2D eigenvalue weighted by molar-refractivity contribution is 6.03. The van der Waals surface area contributed by atoms with E-state index < -0.39 is 17.7 Å². The highest BCUT2D eigenvalue weighted by Gasteiger charge is 2.16. The van der Waals surface area contributed by atoms with Gasteiger partial charge in [-0.1, -0.05) is 24.3 Å². The fourth-order valence-electron chi connectivity index (χ4n) is 2.71. The Balaban J connectivity index is 1.81. The van der Waals surface area contributed by atoms with E-state index in [-0.39, 0.29) is 5.56 Å². The minimum Gasteiger partial charge on any atom is -0.478 e. The van der Waals surface area contributed by atoms with E-state index in [0.717, 1.165) is 11.1 Å². The van der Waals surface area contributed by atoms with Crippen LogP contribution in [-0.2, 0) is 11.3 Å². The maximum Gasteiger partial charge on any atom is 0.407 e. The van der Waals surface area contributed by atoms with E-state index in [0.29, 0.717) is 23.3 Å². The van der Waals surface area contributed by atoms with Crippen LogP contribution in [0.4, 0.5) is 4.79 Å². The molecule has 0 radical (unpaired) electrons. The van der Waals surface area contributed by atoms with Crippen LogP contribution in [0.1, 0.15) is 36.7 Å². The Morgan fingerprint density at radius 2 is 1.85 bits per heavy atom. The molecule has 3 rings (SSSR count). The monoisotopic (exact) mass is 367 g/mol. The molecule has 1 amide bonds. The van der Waals surface area contributed by atoms with Crippen molar-refractivity contribution >= 4 is 23.0 Å². The van der Waals surface area contributed by atoms with Crippen molar-refractivity contribution in [1.82, 2.24) is 5.32 Å². The number of carbonyl (C=O) groups excluding carboxylic acids is 1. The summed E-state index contributed by atoms with van der Waals surface area (Å²) in [7, 11) is 0. The number of hydrogen-bond acceptors (Lipinski definition) is 4. The Morgan fingerprint density at radius 3 is 2.56 bits per heavy atom. The molecule has 2 aromatic carbocycles. The number of fused-ring (bicyclic) bond motifs is 1. The molecular weight excluding hydrogens is 346 g/mol. The maximum absolute atomic E-state index is 11.8. The number of hydrogen-bond donors (Lipinski definition) is 2. The molecule has 0 aliphatic rings. The van der Waals surface area contributed by atoms with Gasteiger partial charge in [0.05, 0.1) is 5.56 Å². The predicted octanol–water partition coefficient (Wildman–Crippen LogP) is 4.82. The van der Waals surface area contributed by atoms with Crippen LogP contribution in [0.15, 0.2) is 52.9 Å². The van der Waals surface area contributed by atoms with E-state index in [4.69, 9.17) is 9.15 Å². The van der Waals surface area contributed by atoms with Crippen LogP contribution < -0.4 is 5.32 Å². The number of rotatable bonds is 4. The Bertz CT molecular complexity index is 997. The molecule has 6 nitrogen and oxygen atoms in total. The SMILES string of the molecule is CC(C)(C)OC(=O)NCc1cccc(-c2cc3c(C(=O)O)cccc3o2)c1. The molecule has 0 spiro atoms. The number of furan rings is 1. The molecule has 140 valence electrons. The molecule has 1 heterocycles. The van der Waals surface area contributed by atoms with Crippen molar-refractivity contribution in [1.29, 1.82) is 0 Å². The molecule has 27 heavy (non-hydrogen) atoms. The summed E-state index contributed by atoms with van der Waals surface area (Å²) in [5.41, 5.74) is 1.83. The zero-order valence-electron chi connectivity index (χ0n) is 15.4. The smallest absolute Gasteiger partial charge is 0.407 e. The van der Waals surface area contributed by atoms with Crippen molar-refractivity contribution < 1.29 is 23.8 Å². The predicted molar refractivity (Wildman–Crippen MR) is 102 cm³/mol. The molecule has 2 N–H and O–H groups in total. The van der Waals surface area contributed by atoms with Crippen LogP contribution in [0.2, 0.25) is 0 Å². The summed E-state index contributed by atoms with van der Waals surface area (Å²) < 4.78 is 11.0. The van der Waals surface area contributed by atoms with Gasteiger partial charge in [0.2, 0.25) is 0 Å². The third kappa shape index (κ3) is 4.47. The average Bonchev–Trinajstić information content (AvgIpc) is 3.02. The van der Waals surface area contributed by atoms with Crippen LogP contribution in [0, 0.1) is 0 Å². The van der Waals surface area contributed by atoms with E-state index >= 15 is 0 Å². The van der Waals surface area contributed by atoms with Gasteiger partial charge in [0, 0.05) is 17.5 Å². The fourth-order valence-corrected chi connectivity index (χ4v) is 2.71. The molecule has 0 saturated heterocycles. The number of amides is 1. The van der Waals surface area contributed by atoms with Crippen LogP contribution >= 0.6 is 0 Å². The topological polar surface area (TPSA) is 88.8 Å². The van der Waals surface area contributed by atoms with Crippen molar-refractivity contribution in [3.63, 3.8) is 0 Å². The summed E-state index contributed by atoms with van der Waals surface area (Å²) in [6, 6.07) is 14.1. The van der Waals surface area contributed by atoms with Gasteiger partial charge in [-0.25, -0.2) is 9.59 Å². The molecule has 0 bridgehead atoms. The van der Waals surface area contributed by atoms with E-state index in [2.05, 4.69) is 5.32 Å². The van der Waals surface area contributed by atoms with Gasteiger partial charge in [-0.15, -0.1) is 0 Å². The zero-order valence-corrected chi connectivity index (χ0v) is 15.4. The quantitative estimate of drug-likeness (QED) is 0.690. The summed E-state index contributed by atoms with van der Waals surface area (Å²) in [6.07, 6.45) is -0.484. The number of carbonyl (C=O) groups is 2. The molecule has 0 aliphatic carbocycles. The van der Waals surface area contributed by atoms with Crippen LogP contribution in [0.5, 0.6) is 0 Å². The highest BCUT2D eigenvalue weighted by atomic mass is 16.6. The van der Waals surface area contributed by atoms with Gasteiger partial charge in [-0.05, 0) is 50.6 Å². The third-order valence-corrected chi connectivity index (χ3v) is 3.84. The molecule has 0 fully saturated rings. The molecule has 0 unspecified atom stereocenters. The summed E-state index contributed by atoms with van der Waals surface area (Å²) in [5.74, 6) is -0.430. The Morgan fingerprint density at radius 1 is 1.11 bits per heavy atom. The molecule has 1 aromatic heterocycles. The normalized spacial score (nSPS) is 11.4. The first kappa shape index (κ1) is 18.5. The van der Waals surface area contributed by atoms with Gasteiger partial charge in [0.15, 0.2) is 0 Å². The first-order chi connectivity index (χ1) is 12.7. The summed E-state index contributed by atoms with van der Waals surface area (Å²) in [6.45, 7) is 5.73.